The Bertz CT molecular complexity index is 2920. The molecule has 0 fully saturated rings. The van der Waals surface area contributed by atoms with E-state index in [1.165, 1.54) is 76.2 Å². The second kappa shape index (κ2) is 12.7. The lowest BCUT2D eigenvalue weighted by molar-refractivity contribution is 0.104. The first kappa shape index (κ1) is 39.3. The monoisotopic (exact) mass is 792 g/mol. The number of carbonyl (C=O) groups excluding carboxylic acids is 1. The van der Waals surface area contributed by atoms with Crippen LogP contribution < -0.4 is 10.4 Å². The highest BCUT2D eigenvalue weighted by molar-refractivity contribution is 7.02. The molecule has 6 aromatic carbocycles. The highest BCUT2D eigenvalue weighted by Gasteiger charge is 2.39. The highest BCUT2D eigenvalue weighted by Crippen LogP contribution is 2.40. The van der Waals surface area contributed by atoms with Gasteiger partial charge in [-0.1, -0.05) is 127 Å². The summed E-state index contributed by atoms with van der Waals surface area (Å²) in [6.45, 7) is 32.2. The lowest BCUT2D eigenvalue weighted by atomic mass is 9.85. The van der Waals surface area contributed by atoms with E-state index in [0.29, 0.717) is 0 Å². The van der Waals surface area contributed by atoms with Crippen LogP contribution >= 0.6 is 0 Å². The Kier molecular flexibility index (Phi) is 8.43. The van der Waals surface area contributed by atoms with Crippen LogP contribution in [0, 0.1) is 0 Å². The van der Waals surface area contributed by atoms with Gasteiger partial charge in [0.15, 0.2) is 5.78 Å². The fourth-order valence-electron chi connectivity index (χ4n) is 9.55. The van der Waals surface area contributed by atoms with Gasteiger partial charge >= 0.3 is 0 Å². The van der Waals surface area contributed by atoms with Crippen molar-refractivity contribution in [2.45, 2.75) is 118 Å². The first-order valence-electron chi connectivity index (χ1n) is 21.5. The molecule has 0 amide bonds. The molecule has 0 unspecified atom stereocenters. The maximum absolute atomic E-state index is 14.8. The van der Waals surface area contributed by atoms with Gasteiger partial charge in [0.2, 0.25) is 0 Å². The number of carbonyl (C=O) groups is 1. The molecule has 0 atom stereocenters. The molecule has 59 heavy (non-hydrogen) atoms. The molecule has 0 N–H and O–H groups in total. The molecule has 0 saturated heterocycles. The van der Waals surface area contributed by atoms with Gasteiger partial charge in [0.05, 0.1) is 22.1 Å². The summed E-state index contributed by atoms with van der Waals surface area (Å²) in [5.41, 5.74) is 14.0. The molecule has 9 rings (SSSR count). The van der Waals surface area contributed by atoms with Gasteiger partial charge in [0.1, 0.15) is 8.07 Å². The minimum atomic E-state index is -2.34. The summed E-state index contributed by atoms with van der Waals surface area (Å²) in [5.74, 6) is 0.118. The smallest absolute Gasteiger partial charge is 0.192 e. The third-order valence-corrected chi connectivity index (χ3v) is 16.9. The SMILES string of the molecule is CC(C)(C)c1ccc2c(c1)c1cc(C(C)(C)C)ccc1n2-c1ccc2c(c1)C(=O)c1ccc(-n3c4ccc(C(C)(C)C)cc4c4cc(C(C)(C)C)ccc43)cc1[Si]2(C)C. The maximum Gasteiger partial charge on any atom is 0.192 e. The largest absolute Gasteiger partial charge is 0.309 e. The molecule has 0 aliphatic carbocycles. The third-order valence-electron chi connectivity index (χ3n) is 13.4. The quantitative estimate of drug-likeness (QED) is 0.160. The fourth-order valence-corrected chi connectivity index (χ4v) is 12.6. The summed E-state index contributed by atoms with van der Waals surface area (Å²) in [7, 11) is -2.34. The van der Waals surface area contributed by atoms with Crippen molar-refractivity contribution in [1.29, 1.82) is 0 Å². The van der Waals surface area contributed by atoms with Crippen molar-refractivity contribution >= 4 is 67.8 Å². The molecule has 3 heterocycles. The van der Waals surface area contributed by atoms with Crippen LogP contribution in [0.25, 0.3) is 55.0 Å². The van der Waals surface area contributed by atoms with Gasteiger partial charge in [-0.05, 0) is 133 Å². The molecular weight excluding hydrogens is 733 g/mol. The van der Waals surface area contributed by atoms with Gasteiger partial charge < -0.3 is 9.13 Å². The van der Waals surface area contributed by atoms with Crippen molar-refractivity contribution < 1.29 is 4.79 Å². The van der Waals surface area contributed by atoms with Gasteiger partial charge in [-0.15, -0.1) is 0 Å². The average Bonchev–Trinajstić information content (AvgIpc) is 3.67. The van der Waals surface area contributed by atoms with E-state index < -0.39 is 8.07 Å². The molecule has 3 nitrogen and oxygen atoms in total. The standard InChI is InChI=1S/C55H60N2OSi/c1-52(2,3)33-15-22-45-40(27-33)41-28-34(53(4,5)6)16-23-46(41)56(45)37-20-26-49-44(31-37)51(58)39-21-19-38(32-50(39)59(49,13)14)57-47-24-17-35(54(7,8)9)29-42(47)43-30-36(55(10,11)12)18-25-48(43)57/h15-32H,1-14H3. The molecule has 0 radical (unpaired) electrons. The van der Waals surface area contributed by atoms with Gasteiger partial charge in [0.25, 0.3) is 0 Å². The van der Waals surface area contributed by atoms with E-state index in [2.05, 4.69) is 215 Å². The predicted octanol–water partition coefficient (Wildman–Crippen LogP) is 13.4. The zero-order chi connectivity index (χ0) is 42.4. The zero-order valence-electron chi connectivity index (χ0n) is 37.7. The van der Waals surface area contributed by atoms with Crippen LogP contribution in [-0.2, 0) is 21.7 Å². The number of aromatic nitrogens is 2. The molecule has 0 saturated carbocycles. The second-order valence-electron chi connectivity index (χ2n) is 22.0. The van der Waals surface area contributed by atoms with Crippen molar-refractivity contribution in [3.05, 3.63) is 143 Å². The van der Waals surface area contributed by atoms with Crippen LogP contribution in [0.2, 0.25) is 13.1 Å². The Labute approximate surface area is 352 Å². The van der Waals surface area contributed by atoms with Gasteiger partial charge in [-0.25, -0.2) is 0 Å². The Morgan fingerprint density at radius 2 is 0.712 bits per heavy atom. The molecule has 2 aromatic heterocycles. The number of rotatable bonds is 2. The van der Waals surface area contributed by atoms with E-state index in [9.17, 15) is 4.79 Å². The molecular formula is C55H60N2OSi. The lowest BCUT2D eigenvalue weighted by Crippen LogP contribution is -2.59. The van der Waals surface area contributed by atoms with E-state index in [1.54, 1.807) is 0 Å². The van der Waals surface area contributed by atoms with E-state index in [-0.39, 0.29) is 27.4 Å². The molecule has 0 bridgehead atoms. The Morgan fingerprint density at radius 1 is 0.373 bits per heavy atom. The number of hydrogen-bond donors (Lipinski definition) is 0. The molecule has 1 aliphatic rings. The summed E-state index contributed by atoms with van der Waals surface area (Å²) in [5, 5.41) is 7.46. The Balaban J connectivity index is 1.20. The molecule has 1 aliphatic heterocycles. The summed E-state index contributed by atoms with van der Waals surface area (Å²) < 4.78 is 4.80. The zero-order valence-corrected chi connectivity index (χ0v) is 38.7. The molecule has 0 spiro atoms. The lowest BCUT2D eigenvalue weighted by Gasteiger charge is -2.33. The summed E-state index contributed by atoms with van der Waals surface area (Å²) in [6.07, 6.45) is 0. The van der Waals surface area contributed by atoms with Crippen LogP contribution in [0.5, 0.6) is 0 Å². The first-order valence-corrected chi connectivity index (χ1v) is 24.5. The van der Waals surface area contributed by atoms with Gasteiger partial charge in [0, 0.05) is 44.0 Å². The average molecular weight is 793 g/mol. The second-order valence-corrected chi connectivity index (χ2v) is 26.3. The normalized spacial score (nSPS) is 14.8. The number of benzene rings is 6. The van der Waals surface area contributed by atoms with Crippen molar-refractivity contribution in [1.82, 2.24) is 9.13 Å². The van der Waals surface area contributed by atoms with Gasteiger partial charge in [-0.3, -0.25) is 4.79 Å². The van der Waals surface area contributed by atoms with Crippen molar-refractivity contribution in [2.75, 3.05) is 0 Å². The van der Waals surface area contributed by atoms with Crippen LogP contribution in [0.4, 0.5) is 0 Å². The summed E-state index contributed by atoms with van der Waals surface area (Å²) in [4.78, 5) is 14.8. The van der Waals surface area contributed by atoms with Crippen molar-refractivity contribution in [3.8, 4) is 11.4 Å². The molecule has 4 heteroatoms. The minimum absolute atomic E-state index is 0.0269. The van der Waals surface area contributed by atoms with Gasteiger partial charge in [-0.2, -0.15) is 0 Å². The van der Waals surface area contributed by atoms with Crippen LogP contribution in [0.15, 0.2) is 109 Å². The van der Waals surface area contributed by atoms with Crippen LogP contribution in [0.3, 0.4) is 0 Å². The van der Waals surface area contributed by atoms with Crippen molar-refractivity contribution in [3.63, 3.8) is 0 Å². The summed E-state index contributed by atoms with van der Waals surface area (Å²) in [6, 6.07) is 41.3. The predicted molar refractivity (Wildman–Crippen MR) is 257 cm³/mol. The fraction of sp³-hybridized carbons (Fsp3) is 0.327. The molecule has 8 aromatic rings. The number of fused-ring (bicyclic) bond motifs is 8. The maximum atomic E-state index is 14.8. The van der Waals surface area contributed by atoms with Crippen LogP contribution in [0.1, 0.15) is 121 Å². The summed E-state index contributed by atoms with van der Waals surface area (Å²) >= 11 is 0. The Morgan fingerprint density at radius 3 is 1.07 bits per heavy atom. The van der Waals surface area contributed by atoms with E-state index in [4.69, 9.17) is 0 Å². The third kappa shape index (κ3) is 6.16. The number of nitrogens with zero attached hydrogens (tertiary/aromatic N) is 2. The highest BCUT2D eigenvalue weighted by atomic mass is 28.3. The van der Waals surface area contributed by atoms with E-state index in [1.807, 2.05) is 0 Å². The van der Waals surface area contributed by atoms with Crippen LogP contribution in [-0.4, -0.2) is 23.0 Å². The van der Waals surface area contributed by atoms with E-state index >= 15 is 0 Å². The molecule has 300 valence electrons. The number of ketones is 1. The topological polar surface area (TPSA) is 26.9 Å². The van der Waals surface area contributed by atoms with E-state index in [0.717, 1.165) is 22.5 Å². The Hall–Kier alpha value is -5.19. The first-order chi connectivity index (χ1) is 27.4. The minimum Gasteiger partial charge on any atom is -0.309 e. The van der Waals surface area contributed by atoms with Crippen molar-refractivity contribution in [2.24, 2.45) is 0 Å². The number of hydrogen-bond acceptors (Lipinski definition) is 1.